The number of thioether (sulfide) groups is 1. The number of benzene rings is 5. The summed E-state index contributed by atoms with van der Waals surface area (Å²) in [6.45, 7) is 1.99. The van der Waals surface area contributed by atoms with E-state index in [0.717, 1.165) is 38.9 Å². The summed E-state index contributed by atoms with van der Waals surface area (Å²) in [5.41, 5.74) is 6.17. The van der Waals surface area contributed by atoms with Crippen molar-refractivity contribution in [2.45, 2.75) is 67.0 Å². The first-order valence-electron chi connectivity index (χ1n) is 18.6. The monoisotopic (exact) mass is 804 g/mol. The van der Waals surface area contributed by atoms with E-state index in [4.69, 9.17) is 9.47 Å². The molecule has 0 bridgehead atoms. The number of hydrogen-bond donors (Lipinski definition) is 3. The summed E-state index contributed by atoms with van der Waals surface area (Å²) in [6.07, 6.45) is -1.27. The van der Waals surface area contributed by atoms with Crippen LogP contribution in [0.3, 0.4) is 0 Å². The van der Waals surface area contributed by atoms with Gasteiger partial charge in [-0.2, -0.15) is 4.72 Å². The SMILES string of the molecule is Cc1ccc(S(=O)(=O)NC(Cc2ccccc2)C(=O)NCc2ccc(C3OC(CSc4nnnn4C)C(c4ccccc4)C(c4ccc(CO)cc4)O3)cc2)cc1. The molecule has 1 saturated heterocycles. The van der Waals surface area contributed by atoms with Crippen LogP contribution in [0.1, 0.15) is 57.3 Å². The van der Waals surface area contributed by atoms with Crippen molar-refractivity contribution in [3.8, 4) is 0 Å². The van der Waals surface area contributed by atoms with E-state index in [-0.39, 0.29) is 36.5 Å². The van der Waals surface area contributed by atoms with Gasteiger partial charge in [-0.05, 0) is 63.7 Å². The molecule has 0 spiro atoms. The van der Waals surface area contributed by atoms with Crippen LogP contribution >= 0.6 is 11.8 Å². The van der Waals surface area contributed by atoms with Crippen molar-refractivity contribution in [3.05, 3.63) is 172 Å². The number of amides is 1. The van der Waals surface area contributed by atoms with Gasteiger partial charge in [0.2, 0.25) is 21.1 Å². The molecule has 1 amide bonds. The van der Waals surface area contributed by atoms with Gasteiger partial charge in [-0.15, -0.1) is 5.10 Å². The molecule has 6 aromatic rings. The molecule has 12 nitrogen and oxygen atoms in total. The molecule has 1 aromatic heterocycles. The van der Waals surface area contributed by atoms with Crippen molar-refractivity contribution < 1.29 is 27.8 Å². The molecule has 0 radical (unpaired) electrons. The molecule has 0 aliphatic carbocycles. The third-order valence-electron chi connectivity index (χ3n) is 9.88. The number of nitrogens with one attached hydrogen (secondary N) is 2. The van der Waals surface area contributed by atoms with Crippen LogP contribution in [0.5, 0.6) is 0 Å². The van der Waals surface area contributed by atoms with Crippen molar-refractivity contribution in [2.24, 2.45) is 7.05 Å². The van der Waals surface area contributed by atoms with Crippen molar-refractivity contribution in [2.75, 3.05) is 5.75 Å². The van der Waals surface area contributed by atoms with Gasteiger partial charge in [0.25, 0.3) is 0 Å². The Balaban J connectivity index is 1.10. The average Bonchev–Trinajstić information content (AvgIpc) is 3.66. The van der Waals surface area contributed by atoms with Crippen LogP contribution in [0.25, 0.3) is 0 Å². The van der Waals surface area contributed by atoms with Crippen LogP contribution in [0.15, 0.2) is 144 Å². The number of nitrogens with zero attached hydrogens (tertiary/aromatic N) is 4. The minimum absolute atomic E-state index is 0.0613. The van der Waals surface area contributed by atoms with Gasteiger partial charge in [-0.1, -0.05) is 139 Å². The van der Waals surface area contributed by atoms with E-state index in [1.165, 1.54) is 23.9 Å². The van der Waals surface area contributed by atoms with E-state index in [2.05, 4.69) is 37.7 Å². The first kappa shape index (κ1) is 40.0. The van der Waals surface area contributed by atoms with Gasteiger partial charge in [0.1, 0.15) is 6.04 Å². The summed E-state index contributed by atoms with van der Waals surface area (Å²) < 4.78 is 44.6. The molecule has 294 valence electrons. The molecule has 2 heterocycles. The Morgan fingerprint density at radius 3 is 2.11 bits per heavy atom. The molecular weight excluding hydrogens is 761 g/mol. The Bertz CT molecular complexity index is 2330. The van der Waals surface area contributed by atoms with Gasteiger partial charge in [-0.25, -0.2) is 13.1 Å². The Hall–Kier alpha value is -5.22. The van der Waals surface area contributed by atoms with E-state index >= 15 is 0 Å². The second-order valence-corrected chi connectivity index (χ2v) is 16.6. The molecule has 14 heteroatoms. The number of aliphatic hydroxyl groups excluding tert-OH is 1. The molecule has 1 fully saturated rings. The minimum atomic E-state index is -3.98. The standard InChI is InChI=1S/C43H44N6O6S2/c1-29-13-23-36(24-14-29)57(52,53)46-37(25-30-9-5-3-6-10-30)41(51)44-26-31-15-21-35(22-16-31)42-54-38(28-56-43-45-47-48-49(43)2)39(33-11-7-4-8-12-33)40(55-42)34-19-17-32(27-50)18-20-34/h3-24,37-40,42,46,50H,25-28H2,1-2H3,(H,44,51). The summed E-state index contributed by atoms with van der Waals surface area (Å²) >= 11 is 1.51. The Kier molecular flexibility index (Phi) is 12.9. The molecule has 57 heavy (non-hydrogen) atoms. The fraction of sp³-hybridized carbons (Fsp3) is 0.256. The summed E-state index contributed by atoms with van der Waals surface area (Å²) in [5.74, 6) is -0.0864. The zero-order chi connectivity index (χ0) is 39.8. The molecular formula is C43H44N6O6S2. The second kappa shape index (κ2) is 18.4. The van der Waals surface area contributed by atoms with Crippen LogP contribution in [-0.2, 0) is 50.9 Å². The largest absolute Gasteiger partial charge is 0.392 e. The molecule has 3 N–H and O–H groups in total. The zero-order valence-corrected chi connectivity index (χ0v) is 33.1. The molecule has 5 aromatic carbocycles. The lowest BCUT2D eigenvalue weighted by Gasteiger charge is -2.43. The minimum Gasteiger partial charge on any atom is -0.392 e. The van der Waals surface area contributed by atoms with E-state index < -0.39 is 34.4 Å². The summed E-state index contributed by atoms with van der Waals surface area (Å²) in [5, 5.41) is 25.3. The van der Waals surface area contributed by atoms with Gasteiger partial charge >= 0.3 is 0 Å². The number of sulfonamides is 1. The topological polar surface area (TPSA) is 158 Å². The van der Waals surface area contributed by atoms with Gasteiger partial charge in [0.05, 0.1) is 23.7 Å². The van der Waals surface area contributed by atoms with E-state index in [1.807, 2.05) is 104 Å². The van der Waals surface area contributed by atoms with Gasteiger partial charge < -0.3 is 19.9 Å². The number of rotatable bonds is 15. The van der Waals surface area contributed by atoms with Crippen molar-refractivity contribution in [3.63, 3.8) is 0 Å². The van der Waals surface area contributed by atoms with Crippen molar-refractivity contribution in [1.82, 2.24) is 30.2 Å². The molecule has 7 rings (SSSR count). The Morgan fingerprint density at radius 1 is 0.807 bits per heavy atom. The van der Waals surface area contributed by atoms with Crippen LogP contribution in [-0.4, -0.2) is 57.5 Å². The van der Waals surface area contributed by atoms with E-state index in [1.54, 1.807) is 23.9 Å². The average molecular weight is 805 g/mol. The highest BCUT2D eigenvalue weighted by atomic mass is 32.2. The molecule has 1 aliphatic rings. The summed E-state index contributed by atoms with van der Waals surface area (Å²) in [4.78, 5) is 13.7. The number of ether oxygens (including phenoxy) is 2. The highest BCUT2D eigenvalue weighted by Crippen LogP contribution is 2.48. The van der Waals surface area contributed by atoms with E-state index in [9.17, 15) is 18.3 Å². The number of carbonyl (C=O) groups is 1. The maximum Gasteiger partial charge on any atom is 0.241 e. The van der Waals surface area contributed by atoms with Gasteiger partial charge in [0.15, 0.2) is 6.29 Å². The Labute approximate surface area is 336 Å². The van der Waals surface area contributed by atoms with Crippen molar-refractivity contribution >= 4 is 27.7 Å². The highest BCUT2D eigenvalue weighted by molar-refractivity contribution is 7.99. The molecule has 0 saturated carbocycles. The number of aliphatic hydroxyl groups is 1. The first-order valence-corrected chi connectivity index (χ1v) is 21.0. The zero-order valence-electron chi connectivity index (χ0n) is 31.5. The first-order chi connectivity index (χ1) is 27.7. The van der Waals surface area contributed by atoms with Gasteiger partial charge in [0, 0.05) is 30.8 Å². The third kappa shape index (κ3) is 10.0. The summed E-state index contributed by atoms with van der Waals surface area (Å²) in [6, 6.07) is 40.3. The van der Waals surface area contributed by atoms with Crippen LogP contribution < -0.4 is 10.0 Å². The summed E-state index contributed by atoms with van der Waals surface area (Å²) in [7, 11) is -2.18. The lowest BCUT2D eigenvalue weighted by Crippen LogP contribution is -2.47. The van der Waals surface area contributed by atoms with Gasteiger partial charge in [-0.3, -0.25) is 4.79 Å². The number of aryl methyl sites for hydroxylation is 2. The molecule has 5 atom stereocenters. The predicted octanol–water partition coefficient (Wildman–Crippen LogP) is 5.95. The number of hydrogen-bond acceptors (Lipinski definition) is 10. The lowest BCUT2D eigenvalue weighted by atomic mass is 9.84. The van der Waals surface area contributed by atoms with Crippen LogP contribution in [0.2, 0.25) is 0 Å². The van der Waals surface area contributed by atoms with Crippen LogP contribution in [0, 0.1) is 6.92 Å². The molecule has 1 aliphatic heterocycles. The second-order valence-electron chi connectivity index (χ2n) is 13.9. The third-order valence-corrected chi connectivity index (χ3v) is 12.5. The quantitative estimate of drug-likeness (QED) is 0.106. The Morgan fingerprint density at radius 2 is 1.46 bits per heavy atom. The fourth-order valence-electron chi connectivity index (χ4n) is 6.77. The van der Waals surface area contributed by atoms with Crippen LogP contribution in [0.4, 0.5) is 0 Å². The number of aromatic nitrogens is 4. The van der Waals surface area contributed by atoms with Crippen molar-refractivity contribution in [1.29, 1.82) is 0 Å². The smallest absolute Gasteiger partial charge is 0.241 e. The highest BCUT2D eigenvalue weighted by Gasteiger charge is 2.42. The predicted molar refractivity (Wildman–Crippen MR) is 216 cm³/mol. The maximum atomic E-state index is 13.7. The fourth-order valence-corrected chi connectivity index (χ4v) is 8.88. The molecule has 5 unspecified atom stereocenters. The number of tetrazole rings is 1. The number of carbonyl (C=O) groups excluding carboxylic acids is 1. The van der Waals surface area contributed by atoms with E-state index in [0.29, 0.717) is 10.9 Å². The maximum absolute atomic E-state index is 13.7. The normalized spacial score (nSPS) is 18.9. The lowest BCUT2D eigenvalue weighted by molar-refractivity contribution is -0.255.